The molecule has 1 aromatic carbocycles. The van der Waals surface area contributed by atoms with Crippen LogP contribution in [0.5, 0.6) is 0 Å². The fourth-order valence-corrected chi connectivity index (χ4v) is 3.29. The van der Waals surface area contributed by atoms with Crippen molar-refractivity contribution in [1.29, 1.82) is 0 Å². The molecule has 0 bridgehead atoms. The van der Waals surface area contributed by atoms with E-state index in [9.17, 15) is 9.59 Å². The molecular weight excluding hydrogens is 361 g/mol. The maximum absolute atomic E-state index is 12.3. The molecule has 1 fully saturated rings. The zero-order valence-corrected chi connectivity index (χ0v) is 16.5. The first kappa shape index (κ1) is 21.7. The van der Waals surface area contributed by atoms with Crippen molar-refractivity contribution in [2.24, 2.45) is 11.8 Å². The lowest BCUT2D eigenvalue weighted by molar-refractivity contribution is -0.117. The van der Waals surface area contributed by atoms with E-state index < -0.39 is 0 Å². The summed E-state index contributed by atoms with van der Waals surface area (Å²) in [6.07, 6.45) is 2.73. The zero-order valence-electron chi connectivity index (χ0n) is 15.0. The van der Waals surface area contributed by atoms with E-state index in [-0.39, 0.29) is 24.2 Å². The number of anilines is 1. The molecular formula is C18H27Cl2N3O2. The first-order valence-corrected chi connectivity index (χ1v) is 8.78. The number of halogens is 2. The largest absolute Gasteiger partial charge is 0.345 e. The van der Waals surface area contributed by atoms with Gasteiger partial charge in [0.05, 0.1) is 10.6 Å². The number of carbonyl (C=O) groups excluding carboxylic acids is 2. The summed E-state index contributed by atoms with van der Waals surface area (Å²) in [6.45, 7) is 4.20. The molecule has 1 heterocycles. The molecule has 1 atom stereocenters. The Balaban J connectivity index is 0.00000312. The summed E-state index contributed by atoms with van der Waals surface area (Å²) in [5.74, 6) is 0.737. The topological polar surface area (TPSA) is 61.4 Å². The number of nitrogens with one attached hydrogen (secondary N) is 2. The molecule has 2 rings (SSSR count). The molecule has 1 saturated heterocycles. The van der Waals surface area contributed by atoms with Gasteiger partial charge >= 0.3 is 0 Å². The molecule has 7 heteroatoms. The second-order valence-electron chi connectivity index (χ2n) is 6.71. The Labute approximate surface area is 160 Å². The van der Waals surface area contributed by atoms with Crippen LogP contribution in [0.2, 0.25) is 5.02 Å². The summed E-state index contributed by atoms with van der Waals surface area (Å²) in [5, 5.41) is 6.62. The standard InChI is InChI=1S/C18H26ClN3O2.ClH/c1-12(13-6-8-20-9-7-13)10-17(23)21-14-4-5-16(19)15(11-14)18(24)22(2)3;/h4-5,11-13,20H,6-10H2,1-3H3,(H,21,23);1H. The van der Waals surface area contributed by atoms with Crippen molar-refractivity contribution in [2.75, 3.05) is 32.5 Å². The predicted octanol–water partition coefficient (Wildman–Crippen LogP) is 3.43. The molecule has 2 N–H and O–H groups in total. The van der Waals surface area contributed by atoms with Gasteiger partial charge in [0.25, 0.3) is 5.91 Å². The van der Waals surface area contributed by atoms with Gasteiger partial charge in [0.2, 0.25) is 5.91 Å². The third-order valence-electron chi connectivity index (χ3n) is 4.58. The normalized spacial score (nSPS) is 15.8. The van der Waals surface area contributed by atoms with Crippen LogP contribution in [0.3, 0.4) is 0 Å². The van der Waals surface area contributed by atoms with Crippen LogP contribution in [-0.2, 0) is 4.79 Å². The molecule has 0 aliphatic carbocycles. The first-order chi connectivity index (χ1) is 11.4. The fourth-order valence-electron chi connectivity index (χ4n) is 3.09. The number of carbonyl (C=O) groups is 2. The van der Waals surface area contributed by atoms with E-state index in [1.54, 1.807) is 32.3 Å². The zero-order chi connectivity index (χ0) is 17.7. The van der Waals surface area contributed by atoms with Gasteiger partial charge in [0, 0.05) is 26.2 Å². The maximum Gasteiger partial charge on any atom is 0.254 e. The molecule has 140 valence electrons. The van der Waals surface area contributed by atoms with Crippen LogP contribution in [0.1, 0.15) is 36.5 Å². The highest BCUT2D eigenvalue weighted by molar-refractivity contribution is 6.34. The minimum Gasteiger partial charge on any atom is -0.345 e. The molecule has 25 heavy (non-hydrogen) atoms. The summed E-state index contributed by atoms with van der Waals surface area (Å²) in [5.41, 5.74) is 0.998. The van der Waals surface area contributed by atoms with Gasteiger partial charge < -0.3 is 15.5 Å². The lowest BCUT2D eigenvalue weighted by atomic mass is 9.84. The van der Waals surface area contributed by atoms with E-state index in [1.807, 2.05) is 0 Å². The van der Waals surface area contributed by atoms with E-state index in [2.05, 4.69) is 17.6 Å². The van der Waals surface area contributed by atoms with Crippen LogP contribution in [0, 0.1) is 11.8 Å². The summed E-state index contributed by atoms with van der Waals surface area (Å²) in [6, 6.07) is 5.00. The molecule has 1 aliphatic rings. The lowest BCUT2D eigenvalue weighted by Gasteiger charge is -2.27. The van der Waals surface area contributed by atoms with E-state index in [0.717, 1.165) is 25.9 Å². The van der Waals surface area contributed by atoms with Crippen molar-refractivity contribution in [3.05, 3.63) is 28.8 Å². The highest BCUT2D eigenvalue weighted by Crippen LogP contribution is 2.26. The number of nitrogens with zero attached hydrogens (tertiary/aromatic N) is 1. The summed E-state index contributed by atoms with van der Waals surface area (Å²) >= 11 is 6.09. The second kappa shape index (κ2) is 10.00. The number of benzene rings is 1. The molecule has 0 saturated carbocycles. The van der Waals surface area contributed by atoms with Gasteiger partial charge in [0.15, 0.2) is 0 Å². The smallest absolute Gasteiger partial charge is 0.254 e. The van der Waals surface area contributed by atoms with Crippen molar-refractivity contribution in [3.63, 3.8) is 0 Å². The molecule has 0 radical (unpaired) electrons. The van der Waals surface area contributed by atoms with Crippen LogP contribution in [0.25, 0.3) is 0 Å². The number of rotatable bonds is 5. The van der Waals surface area contributed by atoms with Crippen LogP contribution < -0.4 is 10.6 Å². The molecule has 1 unspecified atom stereocenters. The molecule has 0 aromatic heterocycles. The van der Waals surface area contributed by atoms with Crippen LogP contribution in [0.15, 0.2) is 18.2 Å². The van der Waals surface area contributed by atoms with Gasteiger partial charge in [-0.1, -0.05) is 18.5 Å². The van der Waals surface area contributed by atoms with Gasteiger partial charge in [0.1, 0.15) is 0 Å². The molecule has 0 spiro atoms. The Morgan fingerprint density at radius 2 is 1.96 bits per heavy atom. The fraction of sp³-hybridized carbons (Fsp3) is 0.556. The first-order valence-electron chi connectivity index (χ1n) is 8.40. The monoisotopic (exact) mass is 387 g/mol. The number of piperidine rings is 1. The van der Waals surface area contributed by atoms with Crippen molar-refractivity contribution in [3.8, 4) is 0 Å². The van der Waals surface area contributed by atoms with Gasteiger partial charge in [-0.25, -0.2) is 0 Å². The Kier molecular flexibility index (Phi) is 8.69. The quantitative estimate of drug-likeness (QED) is 0.813. The maximum atomic E-state index is 12.3. The van der Waals surface area contributed by atoms with Crippen molar-refractivity contribution < 1.29 is 9.59 Å². The average Bonchev–Trinajstić information content (AvgIpc) is 2.56. The highest BCUT2D eigenvalue weighted by Gasteiger charge is 2.22. The Bertz CT molecular complexity index is 602. The Morgan fingerprint density at radius 3 is 2.56 bits per heavy atom. The third kappa shape index (κ3) is 6.17. The van der Waals surface area contributed by atoms with Gasteiger partial charge in [-0.15, -0.1) is 12.4 Å². The van der Waals surface area contributed by atoms with Crippen molar-refractivity contribution in [2.45, 2.75) is 26.2 Å². The second-order valence-corrected chi connectivity index (χ2v) is 7.12. The van der Waals surface area contributed by atoms with Gasteiger partial charge in [-0.2, -0.15) is 0 Å². The van der Waals surface area contributed by atoms with E-state index in [4.69, 9.17) is 11.6 Å². The Hall–Kier alpha value is -1.30. The molecule has 5 nitrogen and oxygen atoms in total. The van der Waals surface area contributed by atoms with Crippen LogP contribution in [-0.4, -0.2) is 43.9 Å². The van der Waals surface area contributed by atoms with E-state index >= 15 is 0 Å². The van der Waals surface area contributed by atoms with Crippen LogP contribution >= 0.6 is 24.0 Å². The average molecular weight is 388 g/mol. The summed E-state index contributed by atoms with van der Waals surface area (Å²) in [7, 11) is 3.34. The molecule has 2 amide bonds. The minimum absolute atomic E-state index is 0. The minimum atomic E-state index is -0.181. The molecule has 1 aromatic rings. The summed E-state index contributed by atoms with van der Waals surface area (Å²) in [4.78, 5) is 25.9. The van der Waals surface area contributed by atoms with Crippen LogP contribution in [0.4, 0.5) is 5.69 Å². The predicted molar refractivity (Wildman–Crippen MR) is 105 cm³/mol. The molecule has 1 aliphatic heterocycles. The van der Waals surface area contributed by atoms with Crippen molar-refractivity contribution >= 4 is 41.5 Å². The summed E-state index contributed by atoms with van der Waals surface area (Å²) < 4.78 is 0. The highest BCUT2D eigenvalue weighted by atomic mass is 35.5. The number of hydrogen-bond acceptors (Lipinski definition) is 3. The SMILES string of the molecule is CC(CC(=O)Nc1ccc(Cl)c(C(=O)N(C)C)c1)C1CCNCC1.Cl. The van der Waals surface area contributed by atoms with Gasteiger partial charge in [-0.3, -0.25) is 9.59 Å². The van der Waals surface area contributed by atoms with E-state index in [0.29, 0.717) is 34.5 Å². The number of amides is 2. The Morgan fingerprint density at radius 1 is 1.32 bits per heavy atom. The van der Waals surface area contributed by atoms with E-state index in [1.165, 1.54) is 4.90 Å². The van der Waals surface area contributed by atoms with Crippen molar-refractivity contribution in [1.82, 2.24) is 10.2 Å². The lowest BCUT2D eigenvalue weighted by Crippen LogP contribution is -2.32. The van der Waals surface area contributed by atoms with Gasteiger partial charge in [-0.05, 0) is 56.0 Å². The number of hydrogen-bond donors (Lipinski definition) is 2. The third-order valence-corrected chi connectivity index (χ3v) is 4.91.